The summed E-state index contributed by atoms with van der Waals surface area (Å²) >= 11 is 0. The van der Waals surface area contributed by atoms with Gasteiger partial charge < -0.3 is 14.6 Å². The SMILES string of the molecule is COc1ccc([C@H]2c3nc[nH]c3CCN2C(=O)CN(C)Cc2ccc(F)cc2)cc1. The van der Waals surface area contributed by atoms with Crippen LogP contribution in [0.25, 0.3) is 0 Å². The first-order chi connectivity index (χ1) is 14.5. The Hall–Kier alpha value is -3.19. The summed E-state index contributed by atoms with van der Waals surface area (Å²) in [5, 5.41) is 0. The smallest absolute Gasteiger partial charge is 0.237 e. The molecule has 0 bridgehead atoms. The number of benzene rings is 2. The van der Waals surface area contributed by atoms with E-state index in [2.05, 4.69) is 9.97 Å². The van der Waals surface area contributed by atoms with Crippen LogP contribution in [-0.4, -0.2) is 52.9 Å². The van der Waals surface area contributed by atoms with Crippen LogP contribution in [0.4, 0.5) is 4.39 Å². The molecule has 1 N–H and O–H groups in total. The molecule has 2 aromatic carbocycles. The number of aromatic amines is 1. The predicted molar refractivity (Wildman–Crippen MR) is 112 cm³/mol. The van der Waals surface area contributed by atoms with E-state index >= 15 is 0 Å². The summed E-state index contributed by atoms with van der Waals surface area (Å²) in [4.78, 5) is 24.8. The quantitative estimate of drug-likeness (QED) is 0.681. The molecule has 30 heavy (non-hydrogen) atoms. The highest BCUT2D eigenvalue weighted by Crippen LogP contribution is 2.34. The van der Waals surface area contributed by atoms with Gasteiger partial charge in [0.15, 0.2) is 0 Å². The van der Waals surface area contributed by atoms with Crippen molar-refractivity contribution >= 4 is 5.91 Å². The molecular weight excluding hydrogens is 383 g/mol. The van der Waals surface area contributed by atoms with Crippen LogP contribution in [0.5, 0.6) is 5.75 Å². The molecule has 0 spiro atoms. The Kier molecular flexibility index (Phi) is 5.81. The van der Waals surface area contributed by atoms with Crippen molar-refractivity contribution in [3.05, 3.63) is 83.2 Å². The van der Waals surface area contributed by atoms with Gasteiger partial charge in [-0.3, -0.25) is 9.69 Å². The second kappa shape index (κ2) is 8.67. The first-order valence-corrected chi connectivity index (χ1v) is 9.93. The molecule has 1 aliphatic rings. The Morgan fingerprint density at radius 1 is 1.23 bits per heavy atom. The largest absolute Gasteiger partial charge is 0.497 e. The highest BCUT2D eigenvalue weighted by atomic mass is 19.1. The molecule has 3 aromatic rings. The third kappa shape index (κ3) is 4.21. The summed E-state index contributed by atoms with van der Waals surface area (Å²) in [5.74, 6) is 0.547. The van der Waals surface area contributed by atoms with Crippen molar-refractivity contribution in [2.75, 3.05) is 27.2 Å². The zero-order valence-corrected chi connectivity index (χ0v) is 17.1. The van der Waals surface area contributed by atoms with Crippen molar-refractivity contribution in [2.45, 2.75) is 19.0 Å². The molecule has 0 unspecified atom stereocenters. The van der Waals surface area contributed by atoms with Crippen LogP contribution in [0.1, 0.15) is 28.6 Å². The lowest BCUT2D eigenvalue weighted by Crippen LogP contribution is -2.45. The van der Waals surface area contributed by atoms with Crippen LogP contribution < -0.4 is 4.74 Å². The lowest BCUT2D eigenvalue weighted by molar-refractivity contribution is -0.134. The number of hydrogen-bond donors (Lipinski definition) is 1. The number of halogens is 1. The fourth-order valence-electron chi connectivity index (χ4n) is 3.95. The van der Waals surface area contributed by atoms with Gasteiger partial charge in [-0.15, -0.1) is 0 Å². The van der Waals surface area contributed by atoms with Crippen LogP contribution in [-0.2, 0) is 17.8 Å². The first-order valence-electron chi connectivity index (χ1n) is 9.93. The molecule has 156 valence electrons. The van der Waals surface area contributed by atoms with E-state index in [1.807, 2.05) is 41.1 Å². The summed E-state index contributed by atoms with van der Waals surface area (Å²) in [5.41, 5.74) is 3.92. The van der Waals surface area contributed by atoms with Crippen LogP contribution in [0.2, 0.25) is 0 Å². The highest BCUT2D eigenvalue weighted by molar-refractivity contribution is 5.79. The number of nitrogens with zero attached hydrogens (tertiary/aromatic N) is 3. The fourth-order valence-corrected chi connectivity index (χ4v) is 3.95. The summed E-state index contributed by atoms with van der Waals surface area (Å²) in [6.45, 7) is 1.46. The summed E-state index contributed by atoms with van der Waals surface area (Å²) in [7, 11) is 3.53. The number of aromatic nitrogens is 2. The lowest BCUT2D eigenvalue weighted by Gasteiger charge is -2.36. The Morgan fingerprint density at radius 3 is 2.67 bits per heavy atom. The Morgan fingerprint density at radius 2 is 1.97 bits per heavy atom. The number of imidazole rings is 1. The molecule has 6 nitrogen and oxygen atoms in total. The number of H-pyrrole nitrogens is 1. The monoisotopic (exact) mass is 408 g/mol. The van der Waals surface area contributed by atoms with Crippen molar-refractivity contribution in [1.29, 1.82) is 0 Å². The van der Waals surface area contributed by atoms with E-state index in [1.54, 1.807) is 25.6 Å². The van der Waals surface area contributed by atoms with Crippen molar-refractivity contribution in [1.82, 2.24) is 19.8 Å². The zero-order chi connectivity index (χ0) is 21.1. The molecule has 0 saturated heterocycles. The highest BCUT2D eigenvalue weighted by Gasteiger charge is 2.34. The molecule has 1 aromatic heterocycles. The summed E-state index contributed by atoms with van der Waals surface area (Å²) in [6.07, 6.45) is 2.44. The molecule has 1 amide bonds. The average Bonchev–Trinajstić information content (AvgIpc) is 3.23. The number of rotatable bonds is 6. The topological polar surface area (TPSA) is 61.5 Å². The van der Waals surface area contributed by atoms with E-state index in [0.29, 0.717) is 13.1 Å². The number of likely N-dealkylation sites (N-methyl/N-ethyl adjacent to an activating group) is 1. The average molecular weight is 408 g/mol. The van der Waals surface area contributed by atoms with Gasteiger partial charge in [0.1, 0.15) is 17.6 Å². The number of nitrogens with one attached hydrogen (secondary N) is 1. The molecule has 2 heterocycles. The third-order valence-corrected chi connectivity index (χ3v) is 5.45. The van der Waals surface area contributed by atoms with E-state index in [9.17, 15) is 9.18 Å². The number of methoxy groups -OCH3 is 1. The maximum absolute atomic E-state index is 13.3. The van der Waals surface area contributed by atoms with Gasteiger partial charge in [-0.2, -0.15) is 0 Å². The van der Waals surface area contributed by atoms with Crippen LogP contribution in [0.15, 0.2) is 54.9 Å². The zero-order valence-electron chi connectivity index (χ0n) is 17.1. The summed E-state index contributed by atoms with van der Waals surface area (Å²) < 4.78 is 18.4. The van der Waals surface area contributed by atoms with Gasteiger partial charge >= 0.3 is 0 Å². The van der Waals surface area contributed by atoms with Gasteiger partial charge in [0.05, 0.1) is 25.7 Å². The molecule has 7 heteroatoms. The Labute approximate surface area is 175 Å². The molecule has 0 fully saturated rings. The van der Waals surface area contributed by atoms with Gasteiger partial charge in [-0.05, 0) is 42.4 Å². The molecule has 4 rings (SSSR count). The first kappa shape index (κ1) is 20.1. The normalized spacial score (nSPS) is 15.9. The Bertz CT molecular complexity index is 1000. The van der Waals surface area contributed by atoms with Gasteiger partial charge in [0.25, 0.3) is 0 Å². The number of hydrogen-bond acceptors (Lipinski definition) is 4. The van der Waals surface area contributed by atoms with Crippen molar-refractivity contribution in [2.24, 2.45) is 0 Å². The van der Waals surface area contributed by atoms with E-state index in [-0.39, 0.29) is 24.3 Å². The van der Waals surface area contributed by atoms with Crippen molar-refractivity contribution in [3.63, 3.8) is 0 Å². The van der Waals surface area contributed by atoms with E-state index < -0.39 is 0 Å². The van der Waals surface area contributed by atoms with Crippen LogP contribution in [0, 0.1) is 5.82 Å². The second-order valence-corrected chi connectivity index (χ2v) is 7.58. The van der Waals surface area contributed by atoms with Crippen LogP contribution in [0.3, 0.4) is 0 Å². The van der Waals surface area contributed by atoms with E-state index in [4.69, 9.17) is 4.74 Å². The number of amides is 1. The number of carbonyl (C=O) groups is 1. The third-order valence-electron chi connectivity index (χ3n) is 5.45. The van der Waals surface area contributed by atoms with Gasteiger partial charge in [-0.1, -0.05) is 24.3 Å². The van der Waals surface area contributed by atoms with Gasteiger partial charge in [0, 0.05) is 25.2 Å². The van der Waals surface area contributed by atoms with E-state index in [0.717, 1.165) is 34.7 Å². The molecule has 0 aliphatic carbocycles. The molecule has 1 aliphatic heterocycles. The molecule has 0 saturated carbocycles. The molecule has 0 radical (unpaired) electrons. The fraction of sp³-hybridized carbons (Fsp3) is 0.304. The predicted octanol–water partition coefficient (Wildman–Crippen LogP) is 3.16. The van der Waals surface area contributed by atoms with Gasteiger partial charge in [-0.25, -0.2) is 9.37 Å². The molecular formula is C23H25FN4O2. The minimum atomic E-state index is -0.261. The second-order valence-electron chi connectivity index (χ2n) is 7.58. The summed E-state index contributed by atoms with van der Waals surface area (Å²) in [6, 6.07) is 13.9. The number of ether oxygens (including phenoxy) is 1. The van der Waals surface area contributed by atoms with Crippen molar-refractivity contribution in [3.8, 4) is 5.75 Å². The lowest BCUT2D eigenvalue weighted by atomic mass is 9.95. The standard InChI is InChI=1S/C23H25FN4O2/c1-27(13-16-3-7-18(24)8-4-16)14-21(29)28-12-11-20-22(26-15-25-20)23(28)17-5-9-19(30-2)10-6-17/h3-10,15,23H,11-14H2,1-2H3,(H,25,26)/t23-/m0/s1. The maximum atomic E-state index is 13.3. The minimum Gasteiger partial charge on any atom is -0.497 e. The molecule has 1 atom stereocenters. The van der Waals surface area contributed by atoms with Crippen LogP contribution >= 0.6 is 0 Å². The van der Waals surface area contributed by atoms with Gasteiger partial charge in [0.2, 0.25) is 5.91 Å². The van der Waals surface area contributed by atoms with E-state index in [1.165, 1.54) is 12.1 Å². The Balaban J connectivity index is 1.53. The maximum Gasteiger partial charge on any atom is 0.237 e. The minimum absolute atomic E-state index is 0.0362. The van der Waals surface area contributed by atoms with Crippen molar-refractivity contribution < 1.29 is 13.9 Å². The number of carbonyl (C=O) groups excluding carboxylic acids is 1. The number of fused-ring (bicyclic) bond motifs is 1.